The van der Waals surface area contributed by atoms with Gasteiger partial charge in [-0.1, -0.05) is 18.2 Å². The Kier molecular flexibility index (Phi) is 3.04. The monoisotopic (exact) mass is 204 g/mol. The van der Waals surface area contributed by atoms with Crippen LogP contribution in [0.15, 0.2) is 30.3 Å². The minimum Gasteiger partial charge on any atom is -0.387 e. The molecule has 80 valence electrons. The number of aliphatic hydroxyl groups is 1. The van der Waals surface area contributed by atoms with E-state index >= 15 is 0 Å². The fraction of sp³-hybridized carbons (Fsp3) is 0.333. The van der Waals surface area contributed by atoms with Crippen LogP contribution in [0.2, 0.25) is 0 Å². The van der Waals surface area contributed by atoms with Gasteiger partial charge in [0.1, 0.15) is 0 Å². The average Bonchev–Trinajstić information content (AvgIpc) is 2.69. The summed E-state index contributed by atoms with van der Waals surface area (Å²) in [5.41, 5.74) is 7.36. The Hall–Kier alpha value is -1.32. The Morgan fingerprint density at radius 3 is 2.87 bits per heavy atom. The number of benzene rings is 1. The van der Waals surface area contributed by atoms with Gasteiger partial charge in [-0.05, 0) is 36.9 Å². The number of hydrogen-bond acceptors (Lipinski definition) is 2. The van der Waals surface area contributed by atoms with Crippen molar-refractivity contribution in [2.24, 2.45) is 5.73 Å². The topological polar surface area (TPSA) is 62.0 Å². The lowest BCUT2D eigenvalue weighted by Gasteiger charge is -2.06. The Balaban J connectivity index is 2.20. The normalized spacial score (nSPS) is 13.2. The molecule has 15 heavy (non-hydrogen) atoms. The molecular weight excluding hydrogens is 188 g/mol. The molecule has 1 heterocycles. The smallest absolute Gasteiger partial charge is 0.0938 e. The van der Waals surface area contributed by atoms with E-state index in [-0.39, 0.29) is 0 Å². The first-order valence-corrected chi connectivity index (χ1v) is 5.27. The molecule has 0 saturated carbocycles. The number of aliphatic hydroxyl groups excluding tert-OH is 1. The van der Waals surface area contributed by atoms with E-state index < -0.39 is 6.10 Å². The van der Waals surface area contributed by atoms with Gasteiger partial charge in [0, 0.05) is 11.2 Å². The summed E-state index contributed by atoms with van der Waals surface area (Å²) >= 11 is 0. The van der Waals surface area contributed by atoms with Crippen molar-refractivity contribution in [3.05, 3.63) is 36.0 Å². The molecule has 0 bridgehead atoms. The molecule has 2 aromatic rings. The second kappa shape index (κ2) is 4.47. The van der Waals surface area contributed by atoms with E-state index in [4.69, 9.17) is 5.73 Å². The molecule has 3 heteroatoms. The maximum absolute atomic E-state index is 9.87. The Bertz CT molecular complexity index is 403. The number of hydrogen-bond donors (Lipinski definition) is 3. The van der Waals surface area contributed by atoms with Crippen molar-refractivity contribution in [1.82, 2.24) is 4.98 Å². The lowest BCUT2D eigenvalue weighted by atomic mass is 10.1. The van der Waals surface area contributed by atoms with Crippen molar-refractivity contribution in [3.8, 4) is 0 Å². The van der Waals surface area contributed by atoms with Crippen LogP contribution in [0.1, 0.15) is 24.6 Å². The minimum absolute atomic E-state index is 0.430. The van der Waals surface area contributed by atoms with Gasteiger partial charge in [0.25, 0.3) is 0 Å². The first-order valence-electron chi connectivity index (χ1n) is 5.27. The van der Waals surface area contributed by atoms with E-state index in [0.29, 0.717) is 13.0 Å². The van der Waals surface area contributed by atoms with Crippen LogP contribution in [-0.2, 0) is 0 Å². The Labute approximate surface area is 88.9 Å². The molecule has 1 aromatic heterocycles. The lowest BCUT2D eigenvalue weighted by Crippen LogP contribution is -2.03. The Morgan fingerprint density at radius 1 is 1.33 bits per heavy atom. The third kappa shape index (κ3) is 2.19. The van der Waals surface area contributed by atoms with E-state index in [1.807, 2.05) is 30.3 Å². The van der Waals surface area contributed by atoms with Gasteiger partial charge in [-0.25, -0.2) is 0 Å². The molecule has 1 aromatic carbocycles. The molecule has 0 aliphatic rings. The maximum Gasteiger partial charge on any atom is 0.0938 e. The maximum atomic E-state index is 9.87. The van der Waals surface area contributed by atoms with E-state index in [2.05, 4.69) is 4.98 Å². The number of nitrogens with two attached hydrogens (primary N) is 1. The minimum atomic E-state index is -0.430. The molecule has 2 rings (SSSR count). The summed E-state index contributed by atoms with van der Waals surface area (Å²) in [6, 6.07) is 10.0. The molecule has 0 radical (unpaired) electrons. The van der Waals surface area contributed by atoms with Gasteiger partial charge in [0.15, 0.2) is 0 Å². The average molecular weight is 204 g/mol. The zero-order chi connectivity index (χ0) is 10.7. The van der Waals surface area contributed by atoms with Gasteiger partial charge in [-0.15, -0.1) is 0 Å². The van der Waals surface area contributed by atoms with E-state index in [1.165, 1.54) is 0 Å². The van der Waals surface area contributed by atoms with Gasteiger partial charge >= 0.3 is 0 Å². The highest BCUT2D eigenvalue weighted by atomic mass is 16.3. The first-order chi connectivity index (χ1) is 7.31. The van der Waals surface area contributed by atoms with Crippen LogP contribution in [0.4, 0.5) is 0 Å². The van der Waals surface area contributed by atoms with Gasteiger partial charge in [0.05, 0.1) is 6.10 Å². The first kappa shape index (κ1) is 10.2. The summed E-state index contributed by atoms with van der Waals surface area (Å²) in [5, 5.41) is 11.0. The molecule has 4 N–H and O–H groups in total. The number of nitrogens with one attached hydrogen (secondary N) is 1. The molecule has 0 fully saturated rings. The molecule has 0 amide bonds. The molecule has 0 aliphatic heterocycles. The van der Waals surface area contributed by atoms with Gasteiger partial charge in [0.2, 0.25) is 0 Å². The highest BCUT2D eigenvalue weighted by Crippen LogP contribution is 2.22. The van der Waals surface area contributed by atoms with E-state index in [9.17, 15) is 5.11 Å². The van der Waals surface area contributed by atoms with Gasteiger partial charge in [-0.2, -0.15) is 0 Å². The van der Waals surface area contributed by atoms with Crippen LogP contribution in [0, 0.1) is 0 Å². The van der Waals surface area contributed by atoms with Gasteiger partial charge < -0.3 is 15.8 Å². The van der Waals surface area contributed by atoms with Crippen molar-refractivity contribution in [3.63, 3.8) is 0 Å². The van der Waals surface area contributed by atoms with Crippen LogP contribution in [0.3, 0.4) is 0 Å². The third-order valence-corrected chi connectivity index (χ3v) is 2.59. The molecule has 1 unspecified atom stereocenters. The number of H-pyrrole nitrogens is 1. The van der Waals surface area contributed by atoms with E-state index in [1.54, 1.807) is 0 Å². The van der Waals surface area contributed by atoms with Crippen LogP contribution in [0.25, 0.3) is 10.9 Å². The van der Waals surface area contributed by atoms with Crippen molar-refractivity contribution in [1.29, 1.82) is 0 Å². The summed E-state index contributed by atoms with van der Waals surface area (Å²) in [5.74, 6) is 0. The third-order valence-electron chi connectivity index (χ3n) is 2.59. The predicted molar refractivity (Wildman–Crippen MR) is 61.5 cm³/mol. The standard InChI is InChI=1S/C12H16N2O/c13-7-3-6-12(15)11-8-9-4-1-2-5-10(9)14-11/h1-2,4-5,8,12,14-15H,3,6-7,13H2. The zero-order valence-corrected chi connectivity index (χ0v) is 8.61. The summed E-state index contributed by atoms with van der Waals surface area (Å²) in [4.78, 5) is 3.21. The van der Waals surface area contributed by atoms with Crippen molar-refractivity contribution < 1.29 is 5.11 Å². The van der Waals surface area contributed by atoms with Crippen molar-refractivity contribution >= 4 is 10.9 Å². The molecule has 0 saturated heterocycles. The molecule has 0 spiro atoms. The summed E-state index contributed by atoms with van der Waals surface area (Å²) in [6.45, 7) is 0.622. The molecule has 1 atom stereocenters. The second-order valence-electron chi connectivity index (χ2n) is 3.76. The number of rotatable bonds is 4. The van der Waals surface area contributed by atoms with Crippen LogP contribution < -0.4 is 5.73 Å². The second-order valence-corrected chi connectivity index (χ2v) is 3.76. The number of aromatic amines is 1. The van der Waals surface area contributed by atoms with Crippen molar-refractivity contribution in [2.75, 3.05) is 6.54 Å². The number of fused-ring (bicyclic) bond motifs is 1. The summed E-state index contributed by atoms with van der Waals surface area (Å²) < 4.78 is 0. The Morgan fingerprint density at radius 2 is 2.13 bits per heavy atom. The highest BCUT2D eigenvalue weighted by Gasteiger charge is 2.09. The molecule has 3 nitrogen and oxygen atoms in total. The largest absolute Gasteiger partial charge is 0.387 e. The fourth-order valence-electron chi connectivity index (χ4n) is 1.74. The summed E-state index contributed by atoms with van der Waals surface area (Å²) in [7, 11) is 0. The zero-order valence-electron chi connectivity index (χ0n) is 8.61. The molecule has 0 aliphatic carbocycles. The summed E-state index contributed by atoms with van der Waals surface area (Å²) in [6.07, 6.45) is 1.13. The molecular formula is C12H16N2O. The van der Waals surface area contributed by atoms with Crippen LogP contribution in [-0.4, -0.2) is 16.6 Å². The van der Waals surface area contributed by atoms with Gasteiger partial charge in [-0.3, -0.25) is 0 Å². The predicted octanol–water partition coefficient (Wildman–Crippen LogP) is 1.94. The number of para-hydroxylation sites is 1. The van der Waals surface area contributed by atoms with Crippen LogP contribution >= 0.6 is 0 Å². The van der Waals surface area contributed by atoms with E-state index in [0.717, 1.165) is 23.0 Å². The SMILES string of the molecule is NCCCC(O)c1cc2ccccc2[nH]1. The highest BCUT2D eigenvalue weighted by molar-refractivity contribution is 5.80. The van der Waals surface area contributed by atoms with Crippen LogP contribution in [0.5, 0.6) is 0 Å². The van der Waals surface area contributed by atoms with Crippen molar-refractivity contribution in [2.45, 2.75) is 18.9 Å². The fourth-order valence-corrected chi connectivity index (χ4v) is 1.74. The lowest BCUT2D eigenvalue weighted by molar-refractivity contribution is 0.161. The quantitative estimate of drug-likeness (QED) is 0.712. The number of aromatic nitrogens is 1.